The Kier molecular flexibility index (Phi) is 4.32. The minimum absolute atomic E-state index is 0.0105. The smallest absolute Gasteiger partial charge is 0.330 e. The number of likely N-dealkylation sites (tertiary alicyclic amines) is 1. The number of nitrogens with zero attached hydrogens (tertiary/aromatic N) is 1. The lowest BCUT2D eigenvalue weighted by Gasteiger charge is -2.18. The molecule has 1 aliphatic heterocycles. The maximum absolute atomic E-state index is 12.4. The van der Waals surface area contributed by atoms with E-state index >= 15 is 0 Å². The summed E-state index contributed by atoms with van der Waals surface area (Å²) in [7, 11) is 0. The normalized spacial score (nSPS) is 22.0. The Balaban J connectivity index is 1.63. The molecule has 1 aromatic carbocycles. The molecule has 1 saturated heterocycles. The third-order valence-corrected chi connectivity index (χ3v) is 4.43. The molecule has 1 heterocycles. The van der Waals surface area contributed by atoms with Gasteiger partial charge in [-0.1, -0.05) is 30.3 Å². The van der Waals surface area contributed by atoms with Gasteiger partial charge in [-0.25, -0.2) is 4.79 Å². The van der Waals surface area contributed by atoms with Crippen LogP contribution in [0, 0.1) is 11.8 Å². The molecule has 0 radical (unpaired) electrons. The number of amides is 2. The summed E-state index contributed by atoms with van der Waals surface area (Å²) in [6.07, 6.45) is 2.46. The first kappa shape index (κ1) is 15.5. The lowest BCUT2D eigenvalue weighted by molar-refractivity contribution is -0.142. The second-order valence-corrected chi connectivity index (χ2v) is 6.33. The van der Waals surface area contributed by atoms with E-state index in [2.05, 4.69) is 5.32 Å². The number of rotatable bonds is 6. The van der Waals surface area contributed by atoms with Crippen LogP contribution in [0.25, 0.3) is 0 Å². The molecule has 3 rings (SSSR count). The lowest BCUT2D eigenvalue weighted by Crippen LogP contribution is -2.38. The first-order chi connectivity index (χ1) is 11.0. The van der Waals surface area contributed by atoms with Gasteiger partial charge >= 0.3 is 5.97 Å². The molecule has 0 unspecified atom stereocenters. The van der Waals surface area contributed by atoms with Crippen LogP contribution in [-0.2, 0) is 14.4 Å². The fraction of sp³-hybridized carbons (Fsp3) is 0.471. The van der Waals surface area contributed by atoms with Gasteiger partial charge in [0.25, 0.3) is 0 Å². The van der Waals surface area contributed by atoms with Crippen molar-refractivity contribution in [1.29, 1.82) is 0 Å². The van der Waals surface area contributed by atoms with Crippen LogP contribution in [0.1, 0.15) is 30.9 Å². The average Bonchev–Trinajstić information content (AvgIpc) is 3.28. The first-order valence-electron chi connectivity index (χ1n) is 7.90. The van der Waals surface area contributed by atoms with Crippen LogP contribution < -0.4 is 5.32 Å². The van der Waals surface area contributed by atoms with Crippen molar-refractivity contribution < 1.29 is 19.5 Å². The van der Waals surface area contributed by atoms with E-state index in [-0.39, 0.29) is 18.2 Å². The van der Waals surface area contributed by atoms with E-state index in [4.69, 9.17) is 0 Å². The van der Waals surface area contributed by atoms with Gasteiger partial charge in [0.2, 0.25) is 11.8 Å². The Morgan fingerprint density at radius 3 is 2.57 bits per heavy atom. The van der Waals surface area contributed by atoms with Gasteiger partial charge < -0.3 is 15.3 Å². The number of carboxylic acid groups (broad SMARTS) is 1. The third-order valence-electron chi connectivity index (χ3n) is 4.43. The molecule has 2 aliphatic rings. The number of hydrogen-bond donors (Lipinski definition) is 2. The Morgan fingerprint density at radius 1 is 1.26 bits per heavy atom. The SMILES string of the molecule is O=C(N[C@H](C(=O)O)c1ccccc1)[C@H]1CC(=O)N(CC2CC2)C1. The number of hydrogen-bond acceptors (Lipinski definition) is 3. The zero-order valence-electron chi connectivity index (χ0n) is 12.8. The molecule has 1 aliphatic carbocycles. The molecule has 23 heavy (non-hydrogen) atoms. The van der Waals surface area contributed by atoms with E-state index in [0.29, 0.717) is 18.0 Å². The zero-order chi connectivity index (χ0) is 16.4. The number of carboxylic acids is 1. The average molecular weight is 316 g/mol. The molecule has 0 bridgehead atoms. The van der Waals surface area contributed by atoms with Crippen molar-refractivity contribution in [3.05, 3.63) is 35.9 Å². The van der Waals surface area contributed by atoms with Crippen molar-refractivity contribution in [2.45, 2.75) is 25.3 Å². The monoisotopic (exact) mass is 316 g/mol. The highest BCUT2D eigenvalue weighted by molar-refractivity contribution is 5.91. The molecule has 2 atom stereocenters. The molecule has 2 amide bonds. The van der Waals surface area contributed by atoms with Gasteiger partial charge in [-0.05, 0) is 24.3 Å². The van der Waals surface area contributed by atoms with E-state index in [1.54, 1.807) is 35.2 Å². The molecule has 0 spiro atoms. The Hall–Kier alpha value is -2.37. The predicted octanol–water partition coefficient (Wildman–Crippen LogP) is 1.19. The number of carbonyl (C=O) groups excluding carboxylic acids is 2. The maximum atomic E-state index is 12.4. The van der Waals surface area contributed by atoms with E-state index in [9.17, 15) is 19.5 Å². The molecular weight excluding hydrogens is 296 g/mol. The predicted molar refractivity (Wildman–Crippen MR) is 82.4 cm³/mol. The van der Waals surface area contributed by atoms with Gasteiger partial charge in [0.1, 0.15) is 0 Å². The number of aliphatic carboxylic acids is 1. The van der Waals surface area contributed by atoms with Gasteiger partial charge in [-0.3, -0.25) is 9.59 Å². The summed E-state index contributed by atoms with van der Waals surface area (Å²) < 4.78 is 0. The molecule has 1 saturated carbocycles. The summed E-state index contributed by atoms with van der Waals surface area (Å²) in [6.45, 7) is 1.12. The van der Waals surface area contributed by atoms with E-state index in [0.717, 1.165) is 19.4 Å². The van der Waals surface area contributed by atoms with E-state index in [1.165, 1.54) is 0 Å². The molecule has 2 fully saturated rings. The molecule has 6 heteroatoms. The van der Waals surface area contributed by atoms with Crippen LogP contribution in [0.4, 0.5) is 0 Å². The van der Waals surface area contributed by atoms with Gasteiger partial charge in [-0.15, -0.1) is 0 Å². The highest BCUT2D eigenvalue weighted by Gasteiger charge is 2.38. The minimum atomic E-state index is -1.11. The van der Waals surface area contributed by atoms with Gasteiger partial charge in [0, 0.05) is 19.5 Å². The standard InChI is InChI=1S/C17H20N2O4/c20-14-8-13(10-19(14)9-11-6-7-11)16(21)18-15(17(22)23)12-4-2-1-3-5-12/h1-5,11,13,15H,6-10H2,(H,18,21)(H,22,23)/t13-,15-/m0/s1. The summed E-state index contributed by atoms with van der Waals surface area (Å²) in [5.41, 5.74) is 0.521. The highest BCUT2D eigenvalue weighted by atomic mass is 16.4. The van der Waals surface area contributed by atoms with Crippen molar-refractivity contribution in [3.63, 3.8) is 0 Å². The van der Waals surface area contributed by atoms with Gasteiger partial charge in [0.05, 0.1) is 5.92 Å². The fourth-order valence-corrected chi connectivity index (χ4v) is 2.93. The van der Waals surface area contributed by atoms with Crippen LogP contribution in [0.5, 0.6) is 0 Å². The molecule has 1 aromatic rings. The zero-order valence-corrected chi connectivity index (χ0v) is 12.8. The molecule has 6 nitrogen and oxygen atoms in total. The second-order valence-electron chi connectivity index (χ2n) is 6.33. The largest absolute Gasteiger partial charge is 0.479 e. The summed E-state index contributed by atoms with van der Waals surface area (Å²) in [5, 5.41) is 11.9. The van der Waals surface area contributed by atoms with Crippen molar-refractivity contribution in [2.24, 2.45) is 11.8 Å². The molecular formula is C17H20N2O4. The maximum Gasteiger partial charge on any atom is 0.330 e. The number of benzene rings is 1. The summed E-state index contributed by atoms with van der Waals surface area (Å²) in [5.74, 6) is -1.37. The first-order valence-corrected chi connectivity index (χ1v) is 7.90. The molecule has 2 N–H and O–H groups in total. The van der Waals surface area contributed by atoms with Crippen LogP contribution in [0.2, 0.25) is 0 Å². The fourth-order valence-electron chi connectivity index (χ4n) is 2.93. The van der Waals surface area contributed by atoms with Crippen LogP contribution in [0.3, 0.4) is 0 Å². The molecule has 0 aromatic heterocycles. The van der Waals surface area contributed by atoms with Crippen LogP contribution in [-0.4, -0.2) is 40.9 Å². The third kappa shape index (κ3) is 3.70. The molecule has 122 valence electrons. The van der Waals surface area contributed by atoms with Crippen molar-refractivity contribution >= 4 is 17.8 Å². The van der Waals surface area contributed by atoms with E-state index in [1.807, 2.05) is 0 Å². The lowest BCUT2D eigenvalue weighted by atomic mass is 10.0. The number of carbonyl (C=O) groups is 3. The Labute approximate surface area is 134 Å². The van der Waals surface area contributed by atoms with Crippen molar-refractivity contribution in [1.82, 2.24) is 10.2 Å². The Morgan fingerprint density at radius 2 is 1.96 bits per heavy atom. The topological polar surface area (TPSA) is 86.7 Å². The summed E-state index contributed by atoms with van der Waals surface area (Å²) in [4.78, 5) is 37.5. The van der Waals surface area contributed by atoms with Crippen LogP contribution >= 0.6 is 0 Å². The highest BCUT2D eigenvalue weighted by Crippen LogP contribution is 2.32. The van der Waals surface area contributed by atoms with Gasteiger partial charge in [-0.2, -0.15) is 0 Å². The van der Waals surface area contributed by atoms with Gasteiger partial charge in [0.15, 0.2) is 6.04 Å². The second kappa shape index (κ2) is 6.40. The quantitative estimate of drug-likeness (QED) is 0.825. The van der Waals surface area contributed by atoms with Crippen molar-refractivity contribution in [3.8, 4) is 0 Å². The minimum Gasteiger partial charge on any atom is -0.479 e. The number of nitrogens with one attached hydrogen (secondary N) is 1. The van der Waals surface area contributed by atoms with Crippen LogP contribution in [0.15, 0.2) is 30.3 Å². The summed E-state index contributed by atoms with van der Waals surface area (Å²) in [6, 6.07) is 7.49. The van der Waals surface area contributed by atoms with E-state index < -0.39 is 17.9 Å². The summed E-state index contributed by atoms with van der Waals surface area (Å²) >= 11 is 0. The van der Waals surface area contributed by atoms with Crippen molar-refractivity contribution in [2.75, 3.05) is 13.1 Å². The Bertz CT molecular complexity index is 612.